The van der Waals surface area contributed by atoms with Crippen LogP contribution in [0.5, 0.6) is 0 Å². The van der Waals surface area contributed by atoms with E-state index in [1.807, 2.05) is 13.8 Å². The van der Waals surface area contributed by atoms with Crippen molar-refractivity contribution in [2.75, 3.05) is 39.5 Å². The van der Waals surface area contributed by atoms with Gasteiger partial charge in [-0.2, -0.15) is 0 Å². The number of rotatable bonds is 8. The predicted octanol–water partition coefficient (Wildman–Crippen LogP) is -0.297. The van der Waals surface area contributed by atoms with Gasteiger partial charge in [-0.05, 0) is 20.3 Å². The first-order chi connectivity index (χ1) is 9.50. The van der Waals surface area contributed by atoms with Crippen LogP contribution in [-0.4, -0.2) is 73.5 Å². The van der Waals surface area contributed by atoms with Gasteiger partial charge in [0.2, 0.25) is 5.91 Å². The van der Waals surface area contributed by atoms with Crippen molar-refractivity contribution in [3.8, 4) is 0 Å². The van der Waals surface area contributed by atoms with E-state index in [0.717, 1.165) is 6.42 Å². The molecule has 0 radical (unpaired) electrons. The van der Waals surface area contributed by atoms with Crippen LogP contribution in [0.4, 0.5) is 0 Å². The maximum Gasteiger partial charge on any atom is 0.323 e. The number of hydrogen-bond acceptors (Lipinski definition) is 5. The summed E-state index contributed by atoms with van der Waals surface area (Å²) in [5, 5.41) is 11.8. The number of nitrogens with zero attached hydrogens (tertiary/aromatic N) is 1. The molecule has 20 heavy (non-hydrogen) atoms. The van der Waals surface area contributed by atoms with E-state index in [1.165, 1.54) is 0 Å². The summed E-state index contributed by atoms with van der Waals surface area (Å²) in [6.45, 7) is 6.20. The summed E-state index contributed by atoms with van der Waals surface area (Å²) in [6, 6.07) is -0.737. The Kier molecular flexibility index (Phi) is 7.50. The molecule has 0 spiro atoms. The van der Waals surface area contributed by atoms with Gasteiger partial charge < -0.3 is 19.9 Å². The zero-order valence-electron chi connectivity index (χ0n) is 12.1. The molecule has 1 saturated heterocycles. The standard InChI is InChI=1S/C13H24N2O5/c1-10(2)20-6-3-4-14-12(16)8-15-5-7-19-9-11(15)13(17)18/h10-11H,3-9H2,1-2H3,(H,14,16)(H,17,18). The molecule has 1 rings (SSSR count). The van der Waals surface area contributed by atoms with E-state index in [1.54, 1.807) is 4.90 Å². The molecule has 1 fully saturated rings. The second-order valence-corrected chi connectivity index (χ2v) is 5.02. The zero-order valence-corrected chi connectivity index (χ0v) is 12.1. The second-order valence-electron chi connectivity index (χ2n) is 5.02. The molecule has 1 atom stereocenters. The van der Waals surface area contributed by atoms with Gasteiger partial charge in [0.1, 0.15) is 6.04 Å². The number of aliphatic carboxylic acids is 1. The van der Waals surface area contributed by atoms with Crippen LogP contribution in [-0.2, 0) is 19.1 Å². The van der Waals surface area contributed by atoms with Crippen LogP contribution in [0.3, 0.4) is 0 Å². The van der Waals surface area contributed by atoms with Crippen molar-refractivity contribution in [2.24, 2.45) is 0 Å². The monoisotopic (exact) mass is 288 g/mol. The summed E-state index contributed by atoms with van der Waals surface area (Å²) in [5.41, 5.74) is 0. The van der Waals surface area contributed by atoms with Crippen LogP contribution in [0.25, 0.3) is 0 Å². The number of carbonyl (C=O) groups is 2. The van der Waals surface area contributed by atoms with Gasteiger partial charge in [0, 0.05) is 19.7 Å². The Bertz CT molecular complexity index is 322. The second kappa shape index (κ2) is 8.89. The van der Waals surface area contributed by atoms with Crippen molar-refractivity contribution in [1.29, 1.82) is 0 Å². The average Bonchev–Trinajstić information content (AvgIpc) is 2.38. The highest BCUT2D eigenvalue weighted by molar-refractivity contribution is 5.80. The third-order valence-corrected chi connectivity index (χ3v) is 2.97. The molecule has 1 aliphatic heterocycles. The first kappa shape index (κ1) is 16.9. The lowest BCUT2D eigenvalue weighted by Crippen LogP contribution is -2.53. The minimum atomic E-state index is -0.956. The first-order valence-corrected chi connectivity index (χ1v) is 6.93. The molecule has 0 aromatic carbocycles. The van der Waals surface area contributed by atoms with Crippen molar-refractivity contribution < 1.29 is 24.2 Å². The van der Waals surface area contributed by atoms with Crippen LogP contribution < -0.4 is 5.32 Å². The first-order valence-electron chi connectivity index (χ1n) is 6.93. The summed E-state index contributed by atoms with van der Waals surface area (Å²) < 4.78 is 10.5. The van der Waals surface area contributed by atoms with E-state index in [0.29, 0.717) is 26.3 Å². The number of morpholine rings is 1. The summed E-state index contributed by atoms with van der Waals surface area (Å²) in [5.74, 6) is -1.12. The summed E-state index contributed by atoms with van der Waals surface area (Å²) >= 11 is 0. The summed E-state index contributed by atoms with van der Waals surface area (Å²) in [6.07, 6.45) is 0.936. The van der Waals surface area contributed by atoms with E-state index in [2.05, 4.69) is 5.32 Å². The number of carbonyl (C=O) groups excluding carboxylic acids is 1. The summed E-state index contributed by atoms with van der Waals surface area (Å²) in [7, 11) is 0. The highest BCUT2D eigenvalue weighted by Gasteiger charge is 2.30. The molecule has 0 saturated carbocycles. The van der Waals surface area contributed by atoms with Gasteiger partial charge in [0.25, 0.3) is 0 Å². The fraction of sp³-hybridized carbons (Fsp3) is 0.846. The molecule has 0 bridgehead atoms. The third-order valence-electron chi connectivity index (χ3n) is 2.97. The van der Waals surface area contributed by atoms with E-state index < -0.39 is 12.0 Å². The summed E-state index contributed by atoms with van der Waals surface area (Å²) in [4.78, 5) is 24.4. The van der Waals surface area contributed by atoms with Crippen LogP contribution in [0.2, 0.25) is 0 Å². The molecule has 7 nitrogen and oxygen atoms in total. The van der Waals surface area contributed by atoms with Gasteiger partial charge in [-0.15, -0.1) is 0 Å². The minimum Gasteiger partial charge on any atom is -0.480 e. The number of carboxylic acid groups (broad SMARTS) is 1. The molecule has 0 aromatic rings. The van der Waals surface area contributed by atoms with Crippen molar-refractivity contribution in [3.63, 3.8) is 0 Å². The molecule has 1 amide bonds. The molecule has 1 unspecified atom stereocenters. The molecule has 116 valence electrons. The number of nitrogens with one attached hydrogen (secondary N) is 1. The molecular formula is C13H24N2O5. The van der Waals surface area contributed by atoms with Crippen molar-refractivity contribution in [1.82, 2.24) is 10.2 Å². The lowest BCUT2D eigenvalue weighted by molar-refractivity contribution is -0.150. The van der Waals surface area contributed by atoms with Gasteiger partial charge in [0.05, 0.1) is 25.9 Å². The number of hydrogen-bond donors (Lipinski definition) is 2. The van der Waals surface area contributed by atoms with Crippen molar-refractivity contribution >= 4 is 11.9 Å². The molecule has 1 aliphatic rings. The number of amides is 1. The Labute approximate surface area is 119 Å². The fourth-order valence-electron chi connectivity index (χ4n) is 1.91. The fourth-order valence-corrected chi connectivity index (χ4v) is 1.91. The Hall–Kier alpha value is -1.18. The van der Waals surface area contributed by atoms with Crippen LogP contribution in [0.1, 0.15) is 20.3 Å². The molecule has 7 heteroatoms. The number of carboxylic acids is 1. The van der Waals surface area contributed by atoms with Crippen LogP contribution in [0.15, 0.2) is 0 Å². The largest absolute Gasteiger partial charge is 0.480 e. The zero-order chi connectivity index (χ0) is 15.0. The topological polar surface area (TPSA) is 88.1 Å². The van der Waals surface area contributed by atoms with Crippen LogP contribution in [0, 0.1) is 0 Å². The van der Waals surface area contributed by atoms with Gasteiger partial charge in [-0.3, -0.25) is 14.5 Å². The molecular weight excluding hydrogens is 264 g/mol. The Morgan fingerprint density at radius 2 is 2.25 bits per heavy atom. The maximum absolute atomic E-state index is 11.7. The molecule has 0 aromatic heterocycles. The van der Waals surface area contributed by atoms with E-state index in [-0.39, 0.29) is 25.2 Å². The van der Waals surface area contributed by atoms with Gasteiger partial charge in [0.15, 0.2) is 0 Å². The third kappa shape index (κ3) is 6.31. The van der Waals surface area contributed by atoms with Crippen molar-refractivity contribution in [3.05, 3.63) is 0 Å². The maximum atomic E-state index is 11.7. The Morgan fingerprint density at radius 1 is 1.50 bits per heavy atom. The quantitative estimate of drug-likeness (QED) is 0.596. The van der Waals surface area contributed by atoms with Gasteiger partial charge in [-0.1, -0.05) is 0 Å². The normalized spacial score (nSPS) is 20.1. The predicted molar refractivity (Wildman–Crippen MR) is 72.5 cm³/mol. The van der Waals surface area contributed by atoms with Gasteiger partial charge in [-0.25, -0.2) is 0 Å². The highest BCUT2D eigenvalue weighted by atomic mass is 16.5. The van der Waals surface area contributed by atoms with E-state index in [9.17, 15) is 9.59 Å². The minimum absolute atomic E-state index is 0.0887. The molecule has 2 N–H and O–H groups in total. The highest BCUT2D eigenvalue weighted by Crippen LogP contribution is 2.06. The smallest absolute Gasteiger partial charge is 0.323 e. The van der Waals surface area contributed by atoms with Crippen LogP contribution >= 0.6 is 0 Å². The Morgan fingerprint density at radius 3 is 2.90 bits per heavy atom. The van der Waals surface area contributed by atoms with Crippen molar-refractivity contribution in [2.45, 2.75) is 32.4 Å². The Balaban J connectivity index is 2.21. The van der Waals surface area contributed by atoms with Gasteiger partial charge >= 0.3 is 5.97 Å². The number of ether oxygens (including phenoxy) is 2. The molecule has 0 aliphatic carbocycles. The molecule has 1 heterocycles. The lowest BCUT2D eigenvalue weighted by Gasteiger charge is -2.32. The SMILES string of the molecule is CC(C)OCCCNC(=O)CN1CCOCC1C(=O)O. The van der Waals surface area contributed by atoms with E-state index >= 15 is 0 Å². The van der Waals surface area contributed by atoms with E-state index in [4.69, 9.17) is 14.6 Å². The average molecular weight is 288 g/mol. The lowest BCUT2D eigenvalue weighted by atomic mass is 10.2.